The highest BCUT2D eigenvalue weighted by Gasteiger charge is 2.32. The van der Waals surface area contributed by atoms with E-state index in [1.165, 1.54) is 18.4 Å². The van der Waals surface area contributed by atoms with E-state index in [0.717, 1.165) is 41.2 Å². The summed E-state index contributed by atoms with van der Waals surface area (Å²) in [5.41, 5.74) is 6.15. The molecule has 1 aliphatic heterocycles. The molecule has 0 bridgehead atoms. The first-order valence-corrected chi connectivity index (χ1v) is 10.2. The highest BCUT2D eigenvalue weighted by molar-refractivity contribution is 5.94. The van der Waals surface area contributed by atoms with Crippen LogP contribution in [0.4, 0.5) is 0 Å². The van der Waals surface area contributed by atoms with Gasteiger partial charge in [-0.05, 0) is 55.0 Å². The number of H-pyrrole nitrogens is 1. The summed E-state index contributed by atoms with van der Waals surface area (Å²) in [4.78, 5) is 27.6. The van der Waals surface area contributed by atoms with Gasteiger partial charge < -0.3 is 14.6 Å². The topological polar surface area (TPSA) is 71.1 Å². The number of ether oxygens (including phenoxy) is 1. The van der Waals surface area contributed by atoms with Gasteiger partial charge in [0.1, 0.15) is 5.75 Å². The second-order valence-corrected chi connectivity index (χ2v) is 7.82. The Kier molecular flexibility index (Phi) is 4.54. The molecule has 2 aliphatic rings. The molecule has 29 heavy (non-hydrogen) atoms. The first kappa shape index (κ1) is 17.9. The number of imidazole rings is 1. The molecule has 1 N–H and O–H groups in total. The van der Waals surface area contributed by atoms with Crippen molar-refractivity contribution in [1.82, 2.24) is 19.9 Å². The molecule has 0 radical (unpaired) electrons. The van der Waals surface area contributed by atoms with Gasteiger partial charge in [-0.1, -0.05) is 12.1 Å². The predicted octanol–water partition coefficient (Wildman–Crippen LogP) is 3.48. The molecule has 2 aromatic heterocycles. The number of nitrogens with zero attached hydrogens (tertiary/aromatic N) is 3. The number of carbonyl (C=O) groups is 1. The van der Waals surface area contributed by atoms with Gasteiger partial charge in [-0.15, -0.1) is 0 Å². The van der Waals surface area contributed by atoms with Crippen molar-refractivity contribution in [3.63, 3.8) is 0 Å². The number of methoxy groups -OCH3 is 1. The molecule has 0 saturated heterocycles. The van der Waals surface area contributed by atoms with Crippen LogP contribution in [0.3, 0.4) is 0 Å². The second-order valence-electron chi connectivity index (χ2n) is 7.82. The third-order valence-electron chi connectivity index (χ3n) is 6.03. The lowest BCUT2D eigenvalue weighted by atomic mass is 9.90. The average molecular weight is 388 g/mol. The molecular formula is C23H24N4O2. The molecule has 6 nitrogen and oxygen atoms in total. The summed E-state index contributed by atoms with van der Waals surface area (Å²) in [5.74, 6) is 0.843. The van der Waals surface area contributed by atoms with Crippen molar-refractivity contribution < 1.29 is 9.53 Å². The molecule has 0 fully saturated rings. The van der Waals surface area contributed by atoms with Crippen LogP contribution in [0.15, 0.2) is 42.9 Å². The first-order chi connectivity index (χ1) is 14.2. The van der Waals surface area contributed by atoms with Crippen LogP contribution in [0.5, 0.6) is 5.75 Å². The van der Waals surface area contributed by atoms with E-state index in [4.69, 9.17) is 4.74 Å². The van der Waals surface area contributed by atoms with Gasteiger partial charge in [0.15, 0.2) is 0 Å². The van der Waals surface area contributed by atoms with Gasteiger partial charge in [-0.2, -0.15) is 0 Å². The Morgan fingerprint density at radius 2 is 2.10 bits per heavy atom. The monoisotopic (exact) mass is 388 g/mol. The van der Waals surface area contributed by atoms with Gasteiger partial charge in [-0.3, -0.25) is 9.78 Å². The summed E-state index contributed by atoms with van der Waals surface area (Å²) in [6.07, 6.45) is 7.85. The number of carbonyl (C=O) groups excluding carboxylic acids is 1. The number of fused-ring (bicyclic) bond motifs is 2. The van der Waals surface area contributed by atoms with Crippen molar-refractivity contribution >= 4 is 5.91 Å². The van der Waals surface area contributed by atoms with E-state index < -0.39 is 0 Å². The molecule has 148 valence electrons. The van der Waals surface area contributed by atoms with Gasteiger partial charge >= 0.3 is 0 Å². The number of pyridine rings is 1. The van der Waals surface area contributed by atoms with Gasteiger partial charge in [0.05, 0.1) is 36.9 Å². The lowest BCUT2D eigenvalue weighted by molar-refractivity contribution is 0.0721. The van der Waals surface area contributed by atoms with Crippen molar-refractivity contribution in [2.75, 3.05) is 13.7 Å². The van der Waals surface area contributed by atoms with Gasteiger partial charge in [-0.25, -0.2) is 4.98 Å². The van der Waals surface area contributed by atoms with Gasteiger partial charge in [0.2, 0.25) is 0 Å². The third kappa shape index (κ3) is 3.28. The summed E-state index contributed by atoms with van der Waals surface area (Å²) >= 11 is 0. The van der Waals surface area contributed by atoms with Crippen LogP contribution < -0.4 is 4.74 Å². The fourth-order valence-electron chi connectivity index (χ4n) is 4.48. The fourth-order valence-corrected chi connectivity index (χ4v) is 4.48. The van der Waals surface area contributed by atoms with Crippen LogP contribution in [0, 0.1) is 0 Å². The van der Waals surface area contributed by atoms with E-state index in [1.807, 2.05) is 29.2 Å². The molecule has 1 aliphatic carbocycles. The quantitative estimate of drug-likeness (QED) is 0.746. The normalized spacial score (nSPS) is 18.1. The van der Waals surface area contributed by atoms with Crippen LogP contribution >= 0.6 is 0 Å². The number of amides is 1. The molecule has 6 heteroatoms. The van der Waals surface area contributed by atoms with Crippen LogP contribution in [0.1, 0.15) is 57.3 Å². The molecule has 1 atom stereocenters. The Morgan fingerprint density at radius 1 is 1.21 bits per heavy atom. The maximum Gasteiger partial charge on any atom is 0.255 e. The summed E-state index contributed by atoms with van der Waals surface area (Å²) < 4.78 is 5.39. The Labute approximate surface area is 170 Å². The van der Waals surface area contributed by atoms with Crippen molar-refractivity contribution in [2.45, 2.75) is 38.1 Å². The van der Waals surface area contributed by atoms with Gasteiger partial charge in [0, 0.05) is 24.4 Å². The van der Waals surface area contributed by atoms with Crippen LogP contribution in [-0.4, -0.2) is 39.4 Å². The number of aromatic amines is 1. The molecule has 0 spiro atoms. The minimum atomic E-state index is 0.00892. The van der Waals surface area contributed by atoms with Gasteiger partial charge in [0.25, 0.3) is 5.91 Å². The summed E-state index contributed by atoms with van der Waals surface area (Å²) in [6.45, 7) is 1.12. The standard InChI is InChI=1S/C23H24N4O2/c1-29-18-7-4-6-15(10-18)19-12-27(13-21-22(19)26-14-25-21)23(28)17-9-16-5-2-3-8-20(16)24-11-17/h4,6-7,9-11,14,19H,2-3,5,8,12-13H2,1H3,(H,25,26). The average Bonchev–Trinajstić information content (AvgIpc) is 3.26. The summed E-state index contributed by atoms with van der Waals surface area (Å²) in [7, 11) is 1.67. The zero-order valence-corrected chi connectivity index (χ0v) is 16.5. The lowest BCUT2D eigenvalue weighted by Gasteiger charge is -2.32. The number of hydrogen-bond acceptors (Lipinski definition) is 4. The van der Waals surface area contributed by atoms with Crippen molar-refractivity contribution in [3.05, 3.63) is 76.6 Å². The molecule has 5 rings (SSSR count). The predicted molar refractivity (Wildman–Crippen MR) is 109 cm³/mol. The number of aryl methyl sites for hydroxylation is 2. The molecular weight excluding hydrogens is 364 g/mol. The maximum atomic E-state index is 13.3. The zero-order chi connectivity index (χ0) is 19.8. The Balaban J connectivity index is 1.46. The van der Waals surface area contributed by atoms with Crippen LogP contribution in [0.25, 0.3) is 0 Å². The molecule has 1 amide bonds. The Bertz CT molecular complexity index is 1060. The number of nitrogens with one attached hydrogen (secondary N) is 1. The maximum absolute atomic E-state index is 13.3. The third-order valence-corrected chi connectivity index (χ3v) is 6.03. The minimum Gasteiger partial charge on any atom is -0.497 e. The molecule has 3 heterocycles. The highest BCUT2D eigenvalue weighted by atomic mass is 16.5. The van der Waals surface area contributed by atoms with E-state index in [9.17, 15) is 4.79 Å². The summed E-state index contributed by atoms with van der Waals surface area (Å²) in [6, 6.07) is 10.1. The number of hydrogen-bond donors (Lipinski definition) is 1. The summed E-state index contributed by atoms with van der Waals surface area (Å²) in [5, 5.41) is 0. The molecule has 1 unspecified atom stereocenters. The van der Waals surface area contributed by atoms with Crippen LogP contribution in [0.2, 0.25) is 0 Å². The van der Waals surface area contributed by atoms with E-state index in [2.05, 4.69) is 21.0 Å². The van der Waals surface area contributed by atoms with E-state index in [0.29, 0.717) is 18.7 Å². The number of aromatic nitrogens is 3. The zero-order valence-electron chi connectivity index (χ0n) is 16.5. The number of benzene rings is 1. The fraction of sp³-hybridized carbons (Fsp3) is 0.348. The van der Waals surface area contributed by atoms with E-state index >= 15 is 0 Å². The van der Waals surface area contributed by atoms with Crippen molar-refractivity contribution in [2.24, 2.45) is 0 Å². The molecule has 0 saturated carbocycles. The SMILES string of the molecule is COc1cccc(C2CN(C(=O)c3cnc4c(c3)CCCC4)Cc3[nH]cnc32)c1. The smallest absolute Gasteiger partial charge is 0.255 e. The van der Waals surface area contributed by atoms with E-state index in [-0.39, 0.29) is 11.8 Å². The largest absolute Gasteiger partial charge is 0.497 e. The highest BCUT2D eigenvalue weighted by Crippen LogP contribution is 2.33. The second kappa shape index (κ2) is 7.35. The van der Waals surface area contributed by atoms with E-state index in [1.54, 1.807) is 19.6 Å². The lowest BCUT2D eigenvalue weighted by Crippen LogP contribution is -2.39. The van der Waals surface area contributed by atoms with Crippen molar-refractivity contribution in [3.8, 4) is 5.75 Å². The number of rotatable bonds is 3. The molecule has 3 aromatic rings. The van der Waals surface area contributed by atoms with Crippen LogP contribution in [-0.2, 0) is 19.4 Å². The minimum absolute atomic E-state index is 0.00892. The molecule has 1 aromatic carbocycles. The van der Waals surface area contributed by atoms with Crippen molar-refractivity contribution in [1.29, 1.82) is 0 Å². The Morgan fingerprint density at radius 3 is 3.00 bits per heavy atom. The first-order valence-electron chi connectivity index (χ1n) is 10.2. The Hall–Kier alpha value is -3.15.